The van der Waals surface area contributed by atoms with Gasteiger partial charge in [0.25, 0.3) is 0 Å². The van der Waals surface area contributed by atoms with Gasteiger partial charge in [-0.15, -0.1) is 6.58 Å². The maximum atomic E-state index is 4.31. The summed E-state index contributed by atoms with van der Waals surface area (Å²) in [5.74, 6) is 0. The fraction of sp³-hybridized carbons (Fsp3) is 0.714. The van der Waals surface area contributed by atoms with Crippen molar-refractivity contribution in [2.75, 3.05) is 13.1 Å². The van der Waals surface area contributed by atoms with Gasteiger partial charge in [0.1, 0.15) is 0 Å². The molecule has 2 nitrogen and oxygen atoms in total. The van der Waals surface area contributed by atoms with Crippen molar-refractivity contribution in [3.8, 4) is 0 Å². The van der Waals surface area contributed by atoms with Crippen molar-refractivity contribution in [3.63, 3.8) is 0 Å². The molecule has 1 unspecified atom stereocenters. The van der Waals surface area contributed by atoms with Crippen molar-refractivity contribution >= 4 is 0 Å². The number of nitrogens with one attached hydrogen (secondary N) is 1. The molecule has 1 saturated heterocycles. The fourth-order valence-corrected chi connectivity index (χ4v) is 1.01. The molecule has 51 valence electrons. The van der Waals surface area contributed by atoms with E-state index in [1.807, 2.05) is 6.08 Å². The molecule has 0 saturated carbocycles. The van der Waals surface area contributed by atoms with Gasteiger partial charge >= 0.3 is 0 Å². The first-order valence-corrected chi connectivity index (χ1v) is 3.44. The van der Waals surface area contributed by atoms with Crippen LogP contribution < -0.4 is 10.6 Å². The van der Waals surface area contributed by atoms with Crippen LogP contribution in [0.2, 0.25) is 0 Å². The molecule has 1 atom stereocenters. The van der Waals surface area contributed by atoms with E-state index in [1.54, 1.807) is 0 Å². The smallest absolute Gasteiger partial charge is 0.0738 e. The molecule has 0 aromatic heterocycles. The summed E-state index contributed by atoms with van der Waals surface area (Å²) < 4.78 is 0. The quantitative estimate of drug-likeness (QED) is 0.546. The first kappa shape index (κ1) is 6.78. The van der Waals surface area contributed by atoms with E-state index in [-0.39, 0.29) is 0 Å². The van der Waals surface area contributed by atoms with E-state index in [2.05, 4.69) is 17.2 Å². The minimum atomic E-state index is 0.419. The molecule has 9 heavy (non-hydrogen) atoms. The molecule has 1 aliphatic rings. The Morgan fingerprint density at radius 1 is 1.78 bits per heavy atom. The van der Waals surface area contributed by atoms with E-state index in [0.29, 0.717) is 6.17 Å². The van der Waals surface area contributed by atoms with Gasteiger partial charge < -0.3 is 0 Å². The van der Waals surface area contributed by atoms with Gasteiger partial charge in [-0.1, -0.05) is 6.08 Å². The van der Waals surface area contributed by atoms with Crippen molar-refractivity contribution in [1.82, 2.24) is 10.6 Å². The van der Waals surface area contributed by atoms with Gasteiger partial charge in [-0.25, -0.2) is 5.32 Å². The number of rotatable bonds is 3. The van der Waals surface area contributed by atoms with Gasteiger partial charge in [-0.05, 0) is 12.8 Å². The van der Waals surface area contributed by atoms with Crippen LogP contribution in [0.1, 0.15) is 12.8 Å². The van der Waals surface area contributed by atoms with Crippen LogP contribution >= 0.6 is 0 Å². The Bertz CT molecular complexity index is 84.9. The predicted octanol–water partition coefficient (Wildman–Crippen LogP) is 0.486. The Labute approximate surface area is 56.3 Å². The highest BCUT2D eigenvalue weighted by molar-refractivity contribution is 4.76. The van der Waals surface area contributed by atoms with Crippen LogP contribution in [-0.2, 0) is 0 Å². The van der Waals surface area contributed by atoms with Crippen LogP contribution in [0, 0.1) is 0 Å². The Morgan fingerprint density at radius 2 is 2.67 bits per heavy atom. The van der Waals surface area contributed by atoms with E-state index in [9.17, 15) is 0 Å². The molecular formula is C7H13N2. The van der Waals surface area contributed by atoms with Crippen LogP contribution in [-0.4, -0.2) is 19.3 Å². The lowest BCUT2D eigenvalue weighted by Gasteiger charge is -2.07. The van der Waals surface area contributed by atoms with E-state index >= 15 is 0 Å². The average Bonchev–Trinajstić information content (AvgIpc) is 2.34. The summed E-state index contributed by atoms with van der Waals surface area (Å²) in [7, 11) is 0. The molecule has 1 rings (SSSR count). The second kappa shape index (κ2) is 3.64. The molecule has 0 amide bonds. The molecule has 1 heterocycles. The largest absolute Gasteiger partial charge is 0.297 e. The third-order valence-corrected chi connectivity index (χ3v) is 1.48. The monoisotopic (exact) mass is 125 g/mol. The highest BCUT2D eigenvalue weighted by atomic mass is 15.1. The van der Waals surface area contributed by atoms with E-state index in [0.717, 1.165) is 13.1 Å². The average molecular weight is 125 g/mol. The van der Waals surface area contributed by atoms with Crippen LogP contribution in [0.4, 0.5) is 0 Å². The highest BCUT2D eigenvalue weighted by Gasteiger charge is 2.12. The lowest BCUT2D eigenvalue weighted by molar-refractivity contribution is 0.502. The number of hydrogen-bond donors (Lipinski definition) is 1. The molecule has 0 spiro atoms. The van der Waals surface area contributed by atoms with Crippen molar-refractivity contribution in [1.29, 1.82) is 0 Å². The summed E-state index contributed by atoms with van der Waals surface area (Å²) in [5.41, 5.74) is 0. The Kier molecular flexibility index (Phi) is 2.74. The third-order valence-electron chi connectivity index (χ3n) is 1.48. The van der Waals surface area contributed by atoms with Gasteiger partial charge in [0.05, 0.1) is 6.17 Å². The topological polar surface area (TPSA) is 26.1 Å². The fourth-order valence-electron chi connectivity index (χ4n) is 1.01. The van der Waals surface area contributed by atoms with Crippen molar-refractivity contribution < 1.29 is 0 Å². The van der Waals surface area contributed by atoms with Crippen LogP contribution in [0.25, 0.3) is 0 Å². The molecule has 0 aromatic carbocycles. The summed E-state index contributed by atoms with van der Waals surface area (Å²) in [5, 5.41) is 7.56. The van der Waals surface area contributed by atoms with E-state index in [4.69, 9.17) is 0 Å². The number of hydrogen-bond acceptors (Lipinski definition) is 1. The van der Waals surface area contributed by atoms with Gasteiger partial charge in [0.15, 0.2) is 0 Å². The molecular weight excluding hydrogens is 112 g/mol. The standard InChI is InChI=1S/C7H13N2/c1-2-5-8-7-4-3-6-9-7/h2,7-8H,1,3-6H2. The Balaban J connectivity index is 2.04. The first-order chi connectivity index (χ1) is 4.43. The van der Waals surface area contributed by atoms with Gasteiger partial charge in [0.2, 0.25) is 0 Å². The summed E-state index contributed by atoms with van der Waals surface area (Å²) in [4.78, 5) is 0. The minimum Gasteiger partial charge on any atom is -0.297 e. The SMILES string of the molecule is C=CCNC1CCC[N]1. The molecule has 0 bridgehead atoms. The van der Waals surface area contributed by atoms with E-state index < -0.39 is 0 Å². The molecule has 1 fully saturated rings. The third kappa shape index (κ3) is 2.16. The lowest BCUT2D eigenvalue weighted by Crippen LogP contribution is -2.32. The summed E-state index contributed by atoms with van der Waals surface area (Å²) in [6.45, 7) is 5.54. The first-order valence-electron chi connectivity index (χ1n) is 3.44. The molecule has 2 heteroatoms. The van der Waals surface area contributed by atoms with E-state index in [1.165, 1.54) is 12.8 Å². The normalized spacial score (nSPS) is 26.4. The lowest BCUT2D eigenvalue weighted by atomic mass is 10.3. The second-order valence-corrected chi connectivity index (χ2v) is 2.26. The van der Waals surface area contributed by atoms with Crippen molar-refractivity contribution in [3.05, 3.63) is 12.7 Å². The molecule has 0 aromatic rings. The molecule has 1 aliphatic heterocycles. The van der Waals surface area contributed by atoms with Crippen molar-refractivity contribution in [2.45, 2.75) is 19.0 Å². The maximum Gasteiger partial charge on any atom is 0.0738 e. The summed E-state index contributed by atoms with van der Waals surface area (Å²) >= 11 is 0. The zero-order valence-electron chi connectivity index (χ0n) is 5.64. The summed E-state index contributed by atoms with van der Waals surface area (Å²) in [6.07, 6.45) is 4.74. The van der Waals surface area contributed by atoms with Crippen LogP contribution in [0.3, 0.4) is 0 Å². The highest BCUT2D eigenvalue weighted by Crippen LogP contribution is 2.02. The summed E-state index contributed by atoms with van der Waals surface area (Å²) in [6, 6.07) is 0. The maximum absolute atomic E-state index is 4.31. The van der Waals surface area contributed by atoms with Crippen LogP contribution in [0.5, 0.6) is 0 Å². The second-order valence-electron chi connectivity index (χ2n) is 2.26. The molecule has 0 aliphatic carbocycles. The van der Waals surface area contributed by atoms with Crippen LogP contribution in [0.15, 0.2) is 12.7 Å². The zero-order chi connectivity index (χ0) is 6.53. The Morgan fingerprint density at radius 3 is 3.22 bits per heavy atom. The predicted molar refractivity (Wildman–Crippen MR) is 38.2 cm³/mol. The van der Waals surface area contributed by atoms with Gasteiger partial charge in [0, 0.05) is 13.1 Å². The molecule has 1 N–H and O–H groups in total. The number of nitrogens with zero attached hydrogens (tertiary/aromatic N) is 1. The molecule has 1 radical (unpaired) electrons. The Hall–Kier alpha value is -0.340. The van der Waals surface area contributed by atoms with Gasteiger partial charge in [-0.3, -0.25) is 5.32 Å². The van der Waals surface area contributed by atoms with Crippen molar-refractivity contribution in [2.24, 2.45) is 0 Å². The van der Waals surface area contributed by atoms with Gasteiger partial charge in [-0.2, -0.15) is 0 Å². The zero-order valence-corrected chi connectivity index (χ0v) is 5.64. The minimum absolute atomic E-state index is 0.419.